The molecule has 156 valence electrons. The Morgan fingerprint density at radius 2 is 1.90 bits per heavy atom. The second-order valence-electron chi connectivity index (χ2n) is 6.09. The van der Waals surface area contributed by atoms with Crippen molar-refractivity contribution >= 4 is 45.5 Å². The number of para-hydroxylation sites is 1. The highest BCUT2D eigenvalue weighted by Gasteiger charge is 2.34. The van der Waals surface area contributed by atoms with Crippen LogP contribution in [0.4, 0.5) is 5.69 Å². The predicted octanol–water partition coefficient (Wildman–Crippen LogP) is 2.86. The molecule has 0 aromatic heterocycles. The number of benzene rings is 2. The third-order valence-electron chi connectivity index (χ3n) is 4.14. The third-order valence-corrected chi connectivity index (χ3v) is 4.83. The lowest BCUT2D eigenvalue weighted by Crippen LogP contribution is -2.35. The zero-order valence-electron chi connectivity index (χ0n) is 16.3. The quantitative estimate of drug-likeness (QED) is 0.376. The Morgan fingerprint density at radius 3 is 2.57 bits per heavy atom. The largest absolute Gasteiger partial charge is 0.493 e. The van der Waals surface area contributed by atoms with E-state index in [9.17, 15) is 14.4 Å². The van der Waals surface area contributed by atoms with Crippen LogP contribution in [0.3, 0.4) is 0 Å². The molecule has 0 unspecified atom stereocenters. The number of amides is 2. The Balaban J connectivity index is 1.87. The molecule has 1 aliphatic heterocycles. The first-order chi connectivity index (χ1) is 14.4. The van der Waals surface area contributed by atoms with Crippen LogP contribution in [0.1, 0.15) is 12.5 Å². The lowest BCUT2D eigenvalue weighted by atomic mass is 10.1. The zero-order valence-corrected chi connectivity index (χ0v) is 17.9. The molecule has 1 aliphatic rings. The summed E-state index contributed by atoms with van der Waals surface area (Å²) in [4.78, 5) is 36.6. The molecule has 1 N–H and O–H groups in total. The Kier molecular flexibility index (Phi) is 6.73. The molecule has 0 aliphatic carbocycles. The summed E-state index contributed by atoms with van der Waals surface area (Å²) in [5.41, 5.74) is 3.61. The third kappa shape index (κ3) is 4.62. The summed E-state index contributed by atoms with van der Waals surface area (Å²) in [7, 11) is 1.45. The van der Waals surface area contributed by atoms with Crippen LogP contribution >= 0.6 is 15.9 Å². The summed E-state index contributed by atoms with van der Waals surface area (Å²) < 4.78 is 16.2. The number of nitrogens with one attached hydrogen (secondary N) is 1. The zero-order chi connectivity index (χ0) is 21.7. The number of methoxy groups -OCH3 is 1. The van der Waals surface area contributed by atoms with E-state index in [2.05, 4.69) is 21.4 Å². The number of ether oxygens (including phenoxy) is 3. The minimum absolute atomic E-state index is 0.0261. The van der Waals surface area contributed by atoms with E-state index in [0.29, 0.717) is 27.2 Å². The number of anilines is 1. The van der Waals surface area contributed by atoms with Crippen molar-refractivity contribution in [1.82, 2.24) is 5.43 Å². The highest BCUT2D eigenvalue weighted by Crippen LogP contribution is 2.35. The minimum Gasteiger partial charge on any atom is -0.493 e. The number of carbonyl (C=O) groups is 3. The Morgan fingerprint density at radius 1 is 1.17 bits per heavy atom. The first kappa shape index (κ1) is 21.4. The molecular weight excluding hydrogens is 456 g/mol. The highest BCUT2D eigenvalue weighted by molar-refractivity contribution is 9.10. The number of esters is 1. The van der Waals surface area contributed by atoms with Crippen LogP contribution in [0.5, 0.6) is 11.5 Å². The van der Waals surface area contributed by atoms with Crippen molar-refractivity contribution in [1.29, 1.82) is 0 Å². The number of nitrogens with zero attached hydrogens (tertiary/aromatic N) is 1. The standard InChI is InChI=1S/C21H19BrN2O6/c1-3-29-19(25)12-30-18-11-16(22)13(10-17(18)28-2)9-15-20(26)23-24(21(15)27)14-7-5-4-6-8-14/h4-11H,3,12H2,1-2H3,(H,23,26). The summed E-state index contributed by atoms with van der Waals surface area (Å²) in [6.45, 7) is 1.69. The molecule has 9 heteroatoms. The predicted molar refractivity (Wildman–Crippen MR) is 113 cm³/mol. The number of hydrogen-bond acceptors (Lipinski definition) is 6. The van der Waals surface area contributed by atoms with Crippen molar-refractivity contribution in [3.05, 3.63) is 58.1 Å². The molecule has 2 amide bonds. The molecule has 0 saturated carbocycles. The fraction of sp³-hybridized carbons (Fsp3) is 0.190. The molecule has 1 saturated heterocycles. The number of rotatable bonds is 7. The van der Waals surface area contributed by atoms with Crippen molar-refractivity contribution in [3.63, 3.8) is 0 Å². The number of hydrogen-bond donors (Lipinski definition) is 1. The summed E-state index contributed by atoms with van der Waals surface area (Å²) in [6.07, 6.45) is 1.46. The van der Waals surface area contributed by atoms with Gasteiger partial charge in [-0.25, -0.2) is 9.80 Å². The molecule has 2 aromatic rings. The fourth-order valence-electron chi connectivity index (χ4n) is 2.74. The van der Waals surface area contributed by atoms with Crippen molar-refractivity contribution in [2.24, 2.45) is 0 Å². The van der Waals surface area contributed by atoms with Gasteiger partial charge in [-0.05, 0) is 42.8 Å². The van der Waals surface area contributed by atoms with E-state index in [1.54, 1.807) is 43.3 Å². The number of halogens is 1. The summed E-state index contributed by atoms with van der Waals surface area (Å²) in [5.74, 6) is -0.846. The topological polar surface area (TPSA) is 94.2 Å². The first-order valence-corrected chi connectivity index (χ1v) is 9.82. The average Bonchev–Trinajstić information content (AvgIpc) is 3.02. The molecule has 3 rings (SSSR count). The van der Waals surface area contributed by atoms with Crippen LogP contribution in [0, 0.1) is 0 Å². The summed E-state index contributed by atoms with van der Waals surface area (Å²) >= 11 is 3.40. The molecule has 0 bridgehead atoms. The molecule has 0 radical (unpaired) electrons. The number of carbonyl (C=O) groups excluding carboxylic acids is 3. The number of hydrazine groups is 1. The fourth-order valence-corrected chi connectivity index (χ4v) is 3.18. The van der Waals surface area contributed by atoms with Crippen LogP contribution in [-0.2, 0) is 19.1 Å². The Bertz CT molecular complexity index is 1010. The molecule has 1 fully saturated rings. The van der Waals surface area contributed by atoms with Crippen molar-refractivity contribution in [2.75, 3.05) is 25.3 Å². The van der Waals surface area contributed by atoms with Crippen molar-refractivity contribution in [3.8, 4) is 11.5 Å². The first-order valence-electron chi connectivity index (χ1n) is 9.02. The lowest BCUT2D eigenvalue weighted by Gasteiger charge is -2.14. The molecular formula is C21H19BrN2O6. The van der Waals surface area contributed by atoms with Gasteiger partial charge in [-0.2, -0.15) is 0 Å². The van der Waals surface area contributed by atoms with E-state index in [1.807, 2.05) is 6.07 Å². The Hall–Kier alpha value is -3.33. The molecule has 1 heterocycles. The van der Waals surface area contributed by atoms with E-state index >= 15 is 0 Å². The van der Waals surface area contributed by atoms with Gasteiger partial charge < -0.3 is 14.2 Å². The summed E-state index contributed by atoms with van der Waals surface area (Å²) in [6, 6.07) is 12.0. The van der Waals surface area contributed by atoms with E-state index in [1.165, 1.54) is 18.2 Å². The van der Waals surface area contributed by atoms with Gasteiger partial charge in [0.2, 0.25) is 0 Å². The van der Waals surface area contributed by atoms with Gasteiger partial charge in [-0.1, -0.05) is 34.1 Å². The van der Waals surface area contributed by atoms with Gasteiger partial charge >= 0.3 is 5.97 Å². The van der Waals surface area contributed by atoms with Crippen LogP contribution in [0.2, 0.25) is 0 Å². The molecule has 2 aromatic carbocycles. The normalized spacial score (nSPS) is 14.6. The van der Waals surface area contributed by atoms with Crippen molar-refractivity contribution in [2.45, 2.75) is 6.92 Å². The van der Waals surface area contributed by atoms with E-state index in [0.717, 1.165) is 0 Å². The van der Waals surface area contributed by atoms with Crippen LogP contribution in [-0.4, -0.2) is 38.1 Å². The molecule has 0 spiro atoms. The second kappa shape index (κ2) is 9.45. The molecule has 30 heavy (non-hydrogen) atoms. The van der Waals surface area contributed by atoms with Crippen LogP contribution < -0.4 is 19.9 Å². The average molecular weight is 475 g/mol. The van der Waals surface area contributed by atoms with Gasteiger partial charge in [0.05, 0.1) is 19.4 Å². The maximum Gasteiger partial charge on any atom is 0.344 e. The monoisotopic (exact) mass is 474 g/mol. The lowest BCUT2D eigenvalue weighted by molar-refractivity contribution is -0.145. The van der Waals surface area contributed by atoms with Gasteiger partial charge in [-0.3, -0.25) is 15.0 Å². The van der Waals surface area contributed by atoms with Gasteiger partial charge in [0.25, 0.3) is 11.8 Å². The maximum absolute atomic E-state index is 12.7. The molecule has 8 nitrogen and oxygen atoms in total. The summed E-state index contributed by atoms with van der Waals surface area (Å²) in [5, 5.41) is 1.19. The van der Waals surface area contributed by atoms with Crippen LogP contribution in [0.25, 0.3) is 6.08 Å². The van der Waals surface area contributed by atoms with E-state index in [4.69, 9.17) is 14.2 Å². The second-order valence-corrected chi connectivity index (χ2v) is 6.95. The van der Waals surface area contributed by atoms with Gasteiger partial charge in [-0.15, -0.1) is 0 Å². The van der Waals surface area contributed by atoms with Gasteiger partial charge in [0.1, 0.15) is 5.57 Å². The van der Waals surface area contributed by atoms with E-state index in [-0.39, 0.29) is 18.8 Å². The van der Waals surface area contributed by atoms with Gasteiger partial charge in [0.15, 0.2) is 18.1 Å². The molecule has 0 atom stereocenters. The maximum atomic E-state index is 12.7. The highest BCUT2D eigenvalue weighted by atomic mass is 79.9. The van der Waals surface area contributed by atoms with E-state index < -0.39 is 17.8 Å². The van der Waals surface area contributed by atoms with Crippen LogP contribution in [0.15, 0.2) is 52.5 Å². The minimum atomic E-state index is -0.516. The SMILES string of the molecule is CCOC(=O)COc1cc(Br)c(C=C2C(=O)NN(c3ccccc3)C2=O)cc1OC. The Labute approximate surface area is 181 Å². The smallest absolute Gasteiger partial charge is 0.344 e. The van der Waals surface area contributed by atoms with Gasteiger partial charge in [0, 0.05) is 4.47 Å². The van der Waals surface area contributed by atoms with Crippen molar-refractivity contribution < 1.29 is 28.6 Å².